The Hall–Kier alpha value is -1.73. The Morgan fingerprint density at radius 1 is 1.28 bits per heavy atom. The number of nitrogens with one attached hydrogen (secondary N) is 1. The van der Waals surface area contributed by atoms with Crippen molar-refractivity contribution in [1.29, 1.82) is 0 Å². The van der Waals surface area contributed by atoms with Gasteiger partial charge in [0.15, 0.2) is 5.82 Å². The number of nitrogens with two attached hydrogens (primary N) is 1. The van der Waals surface area contributed by atoms with Crippen LogP contribution in [0.1, 0.15) is 31.2 Å². The molecule has 196 valence electrons. The maximum atomic E-state index is 10.3. The lowest BCUT2D eigenvalue weighted by Gasteiger charge is -2.42. The summed E-state index contributed by atoms with van der Waals surface area (Å²) in [6, 6.07) is 1.85. The Bertz CT molecular complexity index is 1110. The van der Waals surface area contributed by atoms with E-state index < -0.39 is 5.60 Å². The number of aromatic nitrogens is 3. The van der Waals surface area contributed by atoms with Crippen molar-refractivity contribution < 1.29 is 19.7 Å². The first-order valence-electron chi connectivity index (χ1n) is 12.2. The third-order valence-electron chi connectivity index (χ3n) is 7.52. The number of pyridine rings is 1. The van der Waals surface area contributed by atoms with Crippen molar-refractivity contribution in [3.8, 4) is 0 Å². The molecule has 5 N–H and O–H groups in total. The highest BCUT2D eigenvalue weighted by Crippen LogP contribution is 2.43. The predicted molar refractivity (Wildman–Crippen MR) is 138 cm³/mol. The standard InChI is InChI=1S/C24H33ClN6O4S/c1-14-22(36-17-3-6-27-20(18(17)25)28-10-24(33)12-34-13-24)30-16(9-32)21(29-14)31-7-4-23(5-8-31)11-35-15(2)19(23)26/h3,6,15,19,32-33H,4-5,7-13,26H2,1-2H3,(H,27,28)/t15-,19+/m0/s1. The molecule has 0 bridgehead atoms. The molecule has 5 heterocycles. The van der Waals surface area contributed by atoms with Crippen LogP contribution in [0.2, 0.25) is 5.02 Å². The molecule has 0 amide bonds. The topological polar surface area (TPSA) is 139 Å². The number of aliphatic hydroxyl groups is 2. The van der Waals surface area contributed by atoms with Gasteiger partial charge in [-0.25, -0.2) is 15.0 Å². The van der Waals surface area contributed by atoms with Gasteiger partial charge >= 0.3 is 0 Å². The van der Waals surface area contributed by atoms with E-state index in [9.17, 15) is 10.2 Å². The van der Waals surface area contributed by atoms with Crippen LogP contribution in [0, 0.1) is 12.3 Å². The summed E-state index contributed by atoms with van der Waals surface area (Å²) in [4.78, 5) is 16.9. The van der Waals surface area contributed by atoms with Crippen LogP contribution in [0.3, 0.4) is 0 Å². The van der Waals surface area contributed by atoms with Crippen LogP contribution in [0.15, 0.2) is 22.2 Å². The molecule has 10 nitrogen and oxygen atoms in total. The lowest BCUT2D eigenvalue weighted by atomic mass is 9.73. The molecule has 2 atom stereocenters. The zero-order valence-corrected chi connectivity index (χ0v) is 22.1. The highest BCUT2D eigenvalue weighted by Gasteiger charge is 2.47. The van der Waals surface area contributed by atoms with Gasteiger partial charge in [-0.2, -0.15) is 0 Å². The lowest BCUT2D eigenvalue weighted by Crippen LogP contribution is -2.54. The van der Waals surface area contributed by atoms with E-state index in [4.69, 9.17) is 36.8 Å². The minimum atomic E-state index is -0.899. The first-order valence-corrected chi connectivity index (χ1v) is 13.4. The van der Waals surface area contributed by atoms with Gasteiger partial charge in [0.25, 0.3) is 0 Å². The molecule has 1 spiro atoms. The number of anilines is 2. The minimum Gasteiger partial charge on any atom is -0.390 e. The molecule has 3 aliphatic rings. The summed E-state index contributed by atoms with van der Waals surface area (Å²) in [7, 11) is 0. The highest BCUT2D eigenvalue weighted by atomic mass is 35.5. The minimum absolute atomic E-state index is 0.0126. The van der Waals surface area contributed by atoms with E-state index in [2.05, 4.69) is 15.2 Å². The number of hydrogen-bond donors (Lipinski definition) is 4. The monoisotopic (exact) mass is 536 g/mol. The van der Waals surface area contributed by atoms with Gasteiger partial charge in [-0.05, 0) is 32.8 Å². The molecule has 36 heavy (non-hydrogen) atoms. The Kier molecular flexibility index (Phi) is 7.34. The molecule has 0 aromatic carbocycles. The van der Waals surface area contributed by atoms with Crippen LogP contribution >= 0.6 is 23.4 Å². The van der Waals surface area contributed by atoms with Crippen molar-refractivity contribution in [2.24, 2.45) is 11.1 Å². The maximum Gasteiger partial charge on any atom is 0.153 e. The number of aryl methyl sites for hydroxylation is 1. The number of nitrogens with zero attached hydrogens (tertiary/aromatic N) is 4. The molecule has 12 heteroatoms. The van der Waals surface area contributed by atoms with Crippen LogP contribution < -0.4 is 16.0 Å². The second-order valence-electron chi connectivity index (χ2n) is 10.1. The van der Waals surface area contributed by atoms with Crippen molar-refractivity contribution in [2.45, 2.75) is 61.0 Å². The normalized spacial score (nSPS) is 24.7. The first kappa shape index (κ1) is 25.9. The van der Waals surface area contributed by atoms with Crippen LogP contribution in [-0.2, 0) is 16.1 Å². The maximum absolute atomic E-state index is 10.3. The summed E-state index contributed by atoms with van der Waals surface area (Å²) in [5.74, 6) is 1.20. The zero-order valence-electron chi connectivity index (χ0n) is 20.5. The molecule has 3 saturated heterocycles. The molecule has 0 radical (unpaired) electrons. The second-order valence-corrected chi connectivity index (χ2v) is 11.5. The average Bonchev–Trinajstić information content (AvgIpc) is 3.13. The van der Waals surface area contributed by atoms with E-state index >= 15 is 0 Å². The Morgan fingerprint density at radius 2 is 2.03 bits per heavy atom. The fraction of sp³-hybridized carbons (Fsp3) is 0.625. The van der Waals surface area contributed by atoms with Crippen LogP contribution in [0.5, 0.6) is 0 Å². The summed E-state index contributed by atoms with van der Waals surface area (Å²) in [5.41, 5.74) is 6.87. The SMILES string of the molecule is Cc1nc(N2CCC3(CC2)CO[C@@H](C)[C@H]3N)c(CO)nc1Sc1ccnc(NCC2(O)COC2)c1Cl. The van der Waals surface area contributed by atoms with E-state index in [1.54, 1.807) is 6.20 Å². The smallest absolute Gasteiger partial charge is 0.153 e. The molecule has 0 aliphatic carbocycles. The van der Waals surface area contributed by atoms with Crippen LogP contribution in [0.4, 0.5) is 11.6 Å². The van der Waals surface area contributed by atoms with Gasteiger partial charge in [0, 0.05) is 42.2 Å². The Balaban J connectivity index is 1.31. The molecule has 0 unspecified atom stereocenters. The van der Waals surface area contributed by atoms with E-state index in [0.717, 1.165) is 36.5 Å². The molecule has 2 aromatic heterocycles. The summed E-state index contributed by atoms with van der Waals surface area (Å²) >= 11 is 8.00. The largest absolute Gasteiger partial charge is 0.390 e. The fourth-order valence-corrected chi connectivity index (χ4v) is 6.20. The molecule has 5 rings (SSSR count). The van der Waals surface area contributed by atoms with Gasteiger partial charge in [-0.15, -0.1) is 0 Å². The van der Waals surface area contributed by atoms with Crippen LogP contribution in [0.25, 0.3) is 0 Å². The fourth-order valence-electron chi connectivity index (χ4n) is 5.04. The number of halogens is 1. The lowest BCUT2D eigenvalue weighted by molar-refractivity contribution is -0.168. The third-order valence-corrected chi connectivity index (χ3v) is 9.15. The first-order chi connectivity index (χ1) is 17.2. The van der Waals surface area contributed by atoms with Gasteiger partial charge < -0.3 is 35.6 Å². The summed E-state index contributed by atoms with van der Waals surface area (Å²) in [6.07, 6.45) is 3.58. The van der Waals surface area contributed by atoms with Gasteiger partial charge in [0.1, 0.15) is 22.1 Å². The molecular weight excluding hydrogens is 504 g/mol. The molecule has 3 aliphatic heterocycles. The highest BCUT2D eigenvalue weighted by molar-refractivity contribution is 7.99. The number of rotatable bonds is 7. The Labute approximate surface area is 219 Å². The average molecular weight is 537 g/mol. The summed E-state index contributed by atoms with van der Waals surface area (Å²) < 4.78 is 10.9. The van der Waals surface area contributed by atoms with Crippen LogP contribution in [-0.4, -0.2) is 82.4 Å². The molecule has 2 aromatic rings. The molecular formula is C24H33ClN6O4S. The number of piperidine rings is 1. The predicted octanol–water partition coefficient (Wildman–Crippen LogP) is 1.98. The van der Waals surface area contributed by atoms with Gasteiger partial charge in [0.05, 0.1) is 43.2 Å². The number of hydrogen-bond acceptors (Lipinski definition) is 11. The summed E-state index contributed by atoms with van der Waals surface area (Å²) in [5, 5.41) is 24.6. The number of aliphatic hydroxyl groups excluding tert-OH is 1. The van der Waals surface area contributed by atoms with E-state index in [1.807, 2.05) is 19.9 Å². The van der Waals surface area contributed by atoms with Crippen molar-refractivity contribution >= 4 is 35.0 Å². The van der Waals surface area contributed by atoms with Gasteiger partial charge in [-0.3, -0.25) is 0 Å². The quantitative estimate of drug-likeness (QED) is 0.413. The molecule has 3 fully saturated rings. The van der Waals surface area contributed by atoms with Crippen molar-refractivity contribution in [2.75, 3.05) is 49.7 Å². The van der Waals surface area contributed by atoms with Crippen molar-refractivity contribution in [3.05, 3.63) is 28.7 Å². The second kappa shape index (κ2) is 10.2. The Morgan fingerprint density at radius 3 is 2.64 bits per heavy atom. The zero-order chi connectivity index (χ0) is 25.5. The van der Waals surface area contributed by atoms with Gasteiger partial charge in [0.2, 0.25) is 0 Å². The third kappa shape index (κ3) is 4.90. The van der Waals surface area contributed by atoms with Crippen molar-refractivity contribution in [1.82, 2.24) is 15.0 Å². The summed E-state index contributed by atoms with van der Waals surface area (Å²) in [6.45, 7) is 6.89. The van der Waals surface area contributed by atoms with E-state index in [1.165, 1.54) is 11.8 Å². The molecule has 0 saturated carbocycles. The van der Waals surface area contributed by atoms with Crippen molar-refractivity contribution in [3.63, 3.8) is 0 Å². The van der Waals surface area contributed by atoms with E-state index in [0.29, 0.717) is 40.5 Å². The number of ether oxygens (including phenoxy) is 2. The van der Waals surface area contributed by atoms with Gasteiger partial charge in [-0.1, -0.05) is 23.4 Å². The van der Waals surface area contributed by atoms with E-state index in [-0.39, 0.29) is 37.4 Å².